The number of halogens is 2. The lowest BCUT2D eigenvalue weighted by Crippen LogP contribution is -2.13. The van der Waals surface area contributed by atoms with Gasteiger partial charge in [-0.2, -0.15) is 0 Å². The number of carbonyl (C=O) groups excluding carboxylic acids is 1. The highest BCUT2D eigenvalue weighted by Gasteiger charge is 2.14. The van der Waals surface area contributed by atoms with E-state index >= 15 is 0 Å². The molecule has 7 nitrogen and oxygen atoms in total. The van der Waals surface area contributed by atoms with Crippen molar-refractivity contribution in [1.82, 2.24) is 14.8 Å². The number of nitrogens with two attached hydrogens (primary N) is 1. The number of carbonyl (C=O) groups is 1. The molecule has 2 N–H and O–H groups in total. The topological polar surface area (TPSA) is 92.3 Å². The first-order valence-electron chi connectivity index (χ1n) is 7.44. The van der Waals surface area contributed by atoms with Gasteiger partial charge in [0.15, 0.2) is 5.75 Å². The number of amides is 1. The van der Waals surface area contributed by atoms with Crippen LogP contribution in [-0.4, -0.2) is 27.8 Å². The summed E-state index contributed by atoms with van der Waals surface area (Å²) >= 11 is 12.6. The van der Waals surface area contributed by atoms with Crippen LogP contribution in [0.15, 0.2) is 42.7 Å². The van der Waals surface area contributed by atoms with Crippen molar-refractivity contribution in [2.45, 2.75) is 6.61 Å². The molecule has 0 radical (unpaired) electrons. The molecule has 0 aliphatic heterocycles. The van der Waals surface area contributed by atoms with E-state index in [1.54, 1.807) is 19.2 Å². The zero-order valence-electron chi connectivity index (χ0n) is 13.6. The number of nitrogens with zero attached hydrogens (tertiary/aromatic N) is 3. The molecule has 1 amide bonds. The predicted octanol–water partition coefficient (Wildman–Crippen LogP) is 3.26. The summed E-state index contributed by atoms with van der Waals surface area (Å²) in [5.41, 5.74) is 6.60. The smallest absolute Gasteiger partial charge is 0.288 e. The molecule has 9 heteroatoms. The van der Waals surface area contributed by atoms with Crippen LogP contribution in [-0.2, 0) is 6.61 Å². The van der Waals surface area contributed by atoms with Crippen LogP contribution in [0.2, 0.25) is 10.0 Å². The van der Waals surface area contributed by atoms with E-state index in [-0.39, 0.29) is 12.4 Å². The summed E-state index contributed by atoms with van der Waals surface area (Å²) in [7, 11) is 1.61. The molecule has 0 fully saturated rings. The minimum absolute atomic E-state index is 0.0999. The second-order valence-electron chi connectivity index (χ2n) is 5.25. The summed E-state index contributed by atoms with van der Waals surface area (Å²) in [6, 6.07) is 10.7. The monoisotopic (exact) mass is 392 g/mol. The minimum atomic E-state index is -0.722. The molecule has 1 heterocycles. The van der Waals surface area contributed by atoms with Gasteiger partial charge in [-0.1, -0.05) is 35.3 Å². The van der Waals surface area contributed by atoms with Crippen molar-refractivity contribution < 1.29 is 14.3 Å². The van der Waals surface area contributed by atoms with Crippen molar-refractivity contribution in [2.24, 2.45) is 5.73 Å². The minimum Gasteiger partial charge on any atom is -0.497 e. The lowest BCUT2D eigenvalue weighted by molar-refractivity contribution is 0.0990. The normalized spacial score (nSPS) is 10.6. The van der Waals surface area contributed by atoms with Crippen molar-refractivity contribution in [3.8, 4) is 17.2 Å². The van der Waals surface area contributed by atoms with Crippen LogP contribution >= 0.6 is 23.2 Å². The van der Waals surface area contributed by atoms with Crippen molar-refractivity contribution in [2.75, 3.05) is 7.11 Å². The molecule has 0 aliphatic rings. The van der Waals surface area contributed by atoms with Crippen molar-refractivity contribution in [3.05, 3.63) is 64.2 Å². The third kappa shape index (κ3) is 3.89. The van der Waals surface area contributed by atoms with Crippen LogP contribution in [0.3, 0.4) is 0 Å². The zero-order chi connectivity index (χ0) is 18.7. The maximum Gasteiger partial charge on any atom is 0.288 e. The summed E-state index contributed by atoms with van der Waals surface area (Å²) < 4.78 is 12.2. The second kappa shape index (κ2) is 7.63. The quantitative estimate of drug-likeness (QED) is 0.694. The van der Waals surface area contributed by atoms with Gasteiger partial charge in [-0.25, -0.2) is 9.67 Å². The van der Waals surface area contributed by atoms with Crippen molar-refractivity contribution >= 4 is 29.1 Å². The molecule has 2 aromatic carbocycles. The lowest BCUT2D eigenvalue weighted by atomic mass is 10.2. The first-order chi connectivity index (χ1) is 12.5. The number of methoxy groups -OCH3 is 1. The average Bonchev–Trinajstić information content (AvgIpc) is 3.12. The summed E-state index contributed by atoms with van der Waals surface area (Å²) in [6.45, 7) is 0.290. The summed E-state index contributed by atoms with van der Waals surface area (Å²) in [5, 5.41) is 4.57. The zero-order valence-corrected chi connectivity index (χ0v) is 15.2. The third-order valence-electron chi connectivity index (χ3n) is 3.50. The van der Waals surface area contributed by atoms with E-state index < -0.39 is 5.91 Å². The highest BCUT2D eigenvalue weighted by molar-refractivity contribution is 6.37. The first-order valence-corrected chi connectivity index (χ1v) is 8.20. The molecule has 134 valence electrons. The van der Waals surface area contributed by atoms with Crippen LogP contribution < -0.4 is 15.2 Å². The number of hydrogen-bond acceptors (Lipinski definition) is 5. The molecule has 3 rings (SSSR count). The molecule has 0 atom stereocenters. The van der Waals surface area contributed by atoms with Gasteiger partial charge in [-0.15, -0.1) is 5.10 Å². The number of primary amides is 1. The standard InChI is InChI=1S/C17H14Cl2N4O3/c1-25-12-4-2-10(3-5-12)8-26-15-13(18)6-11(7-14(15)19)23-9-21-17(22-23)16(20)24/h2-7,9H,8H2,1H3,(H2,20,24). The Hall–Kier alpha value is -2.77. The Labute approximate surface area is 159 Å². The molecule has 0 aliphatic carbocycles. The van der Waals surface area contributed by atoms with Crippen LogP contribution in [0.1, 0.15) is 16.2 Å². The molecule has 0 spiro atoms. The van der Waals surface area contributed by atoms with Gasteiger partial charge in [-0.3, -0.25) is 4.79 Å². The number of hydrogen-bond donors (Lipinski definition) is 1. The van der Waals surface area contributed by atoms with Gasteiger partial charge in [0.25, 0.3) is 5.91 Å². The van der Waals surface area contributed by atoms with Gasteiger partial charge in [0.05, 0.1) is 22.8 Å². The van der Waals surface area contributed by atoms with Gasteiger partial charge in [0.1, 0.15) is 18.7 Å². The molecular formula is C17H14Cl2N4O3. The average molecular weight is 393 g/mol. The fraction of sp³-hybridized carbons (Fsp3) is 0.118. The van der Waals surface area contributed by atoms with Crippen molar-refractivity contribution in [3.63, 3.8) is 0 Å². The largest absolute Gasteiger partial charge is 0.497 e. The highest BCUT2D eigenvalue weighted by atomic mass is 35.5. The Morgan fingerprint density at radius 1 is 1.19 bits per heavy atom. The van der Waals surface area contributed by atoms with E-state index in [4.69, 9.17) is 38.4 Å². The summed E-state index contributed by atoms with van der Waals surface area (Å²) in [4.78, 5) is 14.9. The SMILES string of the molecule is COc1ccc(COc2c(Cl)cc(-n3cnc(C(N)=O)n3)cc2Cl)cc1. The fourth-order valence-electron chi connectivity index (χ4n) is 2.19. The number of benzene rings is 2. The van der Waals surface area contributed by atoms with E-state index in [1.807, 2.05) is 24.3 Å². The second-order valence-corrected chi connectivity index (χ2v) is 6.07. The highest BCUT2D eigenvalue weighted by Crippen LogP contribution is 2.35. The van der Waals surface area contributed by atoms with Gasteiger partial charge in [0.2, 0.25) is 5.82 Å². The van der Waals surface area contributed by atoms with Gasteiger partial charge in [0, 0.05) is 0 Å². The molecule has 26 heavy (non-hydrogen) atoms. The molecular weight excluding hydrogens is 379 g/mol. The summed E-state index contributed by atoms with van der Waals surface area (Å²) in [6.07, 6.45) is 1.35. The number of rotatable bonds is 6. The van der Waals surface area contributed by atoms with E-state index in [2.05, 4.69) is 10.1 Å². The number of aromatic nitrogens is 3. The van der Waals surface area contributed by atoms with E-state index in [9.17, 15) is 4.79 Å². The lowest BCUT2D eigenvalue weighted by Gasteiger charge is -2.12. The van der Waals surface area contributed by atoms with Crippen LogP contribution in [0.4, 0.5) is 0 Å². The maximum absolute atomic E-state index is 11.1. The molecule has 0 saturated carbocycles. The third-order valence-corrected chi connectivity index (χ3v) is 4.06. The Kier molecular flexibility index (Phi) is 5.29. The predicted molar refractivity (Wildman–Crippen MR) is 97.2 cm³/mol. The Morgan fingerprint density at radius 2 is 1.85 bits per heavy atom. The van der Waals surface area contributed by atoms with E-state index in [0.717, 1.165) is 11.3 Å². The Bertz CT molecular complexity index is 918. The van der Waals surface area contributed by atoms with E-state index in [1.165, 1.54) is 11.0 Å². The van der Waals surface area contributed by atoms with Gasteiger partial charge in [-0.05, 0) is 29.8 Å². The first kappa shape index (κ1) is 18.0. The van der Waals surface area contributed by atoms with Crippen LogP contribution in [0.25, 0.3) is 5.69 Å². The Morgan fingerprint density at radius 3 is 2.38 bits per heavy atom. The fourth-order valence-corrected chi connectivity index (χ4v) is 2.78. The van der Waals surface area contributed by atoms with Gasteiger partial charge >= 0.3 is 0 Å². The van der Waals surface area contributed by atoms with Crippen LogP contribution in [0.5, 0.6) is 11.5 Å². The molecule has 0 bridgehead atoms. The van der Waals surface area contributed by atoms with E-state index in [0.29, 0.717) is 21.5 Å². The summed E-state index contributed by atoms with van der Waals surface area (Å²) in [5.74, 6) is 0.290. The molecule has 1 aromatic heterocycles. The molecule has 0 saturated heterocycles. The Balaban J connectivity index is 1.79. The number of ether oxygens (including phenoxy) is 2. The van der Waals surface area contributed by atoms with Crippen molar-refractivity contribution in [1.29, 1.82) is 0 Å². The van der Waals surface area contributed by atoms with Crippen LogP contribution in [0, 0.1) is 0 Å². The molecule has 3 aromatic rings. The van der Waals surface area contributed by atoms with Gasteiger partial charge < -0.3 is 15.2 Å². The molecule has 0 unspecified atom stereocenters. The maximum atomic E-state index is 11.1.